The fourth-order valence-corrected chi connectivity index (χ4v) is 7.84. The van der Waals surface area contributed by atoms with Gasteiger partial charge in [-0.25, -0.2) is 17.9 Å². The first-order valence-corrected chi connectivity index (χ1v) is 11.1. The van der Waals surface area contributed by atoms with E-state index in [0.717, 1.165) is 43.1 Å². The van der Waals surface area contributed by atoms with E-state index in [0.29, 0.717) is 0 Å². The van der Waals surface area contributed by atoms with Gasteiger partial charge in [-0.3, -0.25) is 0 Å². The zero-order valence-electron chi connectivity index (χ0n) is 14.7. The molecule has 7 heteroatoms. The molecule has 142 valence electrons. The van der Waals surface area contributed by atoms with Gasteiger partial charge in [0.05, 0.1) is 10.6 Å². The number of sulfonamides is 1. The van der Waals surface area contributed by atoms with Gasteiger partial charge in [0.15, 0.2) is 0 Å². The minimum absolute atomic E-state index is 0.0265. The standard InChI is InChI=1S/C19H24ClNO4S/c1-11(19-8-12-4-13(9-19)6-14(5-12)10-19)21-26(24,25)17-7-15(18(22)23)2-3-16(17)20/h2-3,7,11-14,21H,4-6,8-10H2,1H3,(H,22,23)/t11-,12?,13?,14?,19?/m1/s1. The van der Waals surface area contributed by atoms with Gasteiger partial charge in [-0.05, 0) is 86.8 Å². The van der Waals surface area contributed by atoms with Gasteiger partial charge in [0.2, 0.25) is 10.0 Å². The Kier molecular flexibility index (Phi) is 4.36. The summed E-state index contributed by atoms with van der Waals surface area (Å²) in [5.41, 5.74) is -0.0594. The van der Waals surface area contributed by atoms with Crippen molar-refractivity contribution >= 4 is 27.6 Å². The van der Waals surface area contributed by atoms with E-state index in [9.17, 15) is 13.2 Å². The fourth-order valence-electron chi connectivity index (χ4n) is 5.97. The van der Waals surface area contributed by atoms with Crippen LogP contribution in [0, 0.1) is 23.2 Å². The van der Waals surface area contributed by atoms with Crippen molar-refractivity contribution in [1.82, 2.24) is 4.72 Å². The van der Waals surface area contributed by atoms with Crippen molar-refractivity contribution in [3.05, 3.63) is 28.8 Å². The smallest absolute Gasteiger partial charge is 0.335 e. The van der Waals surface area contributed by atoms with Gasteiger partial charge in [-0.15, -0.1) is 0 Å². The molecule has 26 heavy (non-hydrogen) atoms. The molecule has 0 spiro atoms. The molecular weight excluding hydrogens is 374 g/mol. The van der Waals surface area contributed by atoms with E-state index in [1.807, 2.05) is 6.92 Å². The third kappa shape index (κ3) is 3.06. The van der Waals surface area contributed by atoms with Crippen LogP contribution in [0.5, 0.6) is 0 Å². The first-order chi connectivity index (χ1) is 12.2. The number of carbonyl (C=O) groups is 1. The second-order valence-electron chi connectivity index (χ2n) is 8.57. The summed E-state index contributed by atoms with van der Waals surface area (Å²) >= 11 is 6.08. The number of hydrogen-bond acceptors (Lipinski definition) is 3. The lowest BCUT2D eigenvalue weighted by Gasteiger charge is -2.59. The summed E-state index contributed by atoms with van der Waals surface area (Å²) in [7, 11) is -3.89. The van der Waals surface area contributed by atoms with E-state index < -0.39 is 16.0 Å². The Balaban J connectivity index is 1.60. The summed E-state index contributed by atoms with van der Waals surface area (Å²) in [6, 6.07) is 3.59. The molecule has 5 rings (SSSR count). The lowest BCUT2D eigenvalue weighted by Crippen LogP contribution is -2.55. The zero-order chi connectivity index (χ0) is 18.7. The highest BCUT2D eigenvalue weighted by Crippen LogP contribution is 2.61. The number of nitrogens with one attached hydrogen (secondary N) is 1. The van der Waals surface area contributed by atoms with Gasteiger partial charge in [0, 0.05) is 6.04 Å². The average Bonchev–Trinajstić information content (AvgIpc) is 2.53. The molecule has 4 fully saturated rings. The highest BCUT2D eigenvalue weighted by molar-refractivity contribution is 7.89. The summed E-state index contributed by atoms with van der Waals surface area (Å²) in [5.74, 6) is 1.01. The predicted octanol–water partition coefficient (Wildman–Crippen LogP) is 3.92. The van der Waals surface area contributed by atoms with Crippen LogP contribution in [0.25, 0.3) is 0 Å². The second-order valence-corrected chi connectivity index (χ2v) is 10.7. The summed E-state index contributed by atoms with van der Waals surface area (Å²) in [4.78, 5) is 11.0. The van der Waals surface area contributed by atoms with Crippen molar-refractivity contribution in [1.29, 1.82) is 0 Å². The lowest BCUT2D eigenvalue weighted by atomic mass is 9.48. The number of hydrogen-bond donors (Lipinski definition) is 2. The molecule has 5 nitrogen and oxygen atoms in total. The zero-order valence-corrected chi connectivity index (χ0v) is 16.3. The molecule has 1 atom stereocenters. The summed E-state index contributed by atoms with van der Waals surface area (Å²) in [6.07, 6.45) is 7.16. The van der Waals surface area contributed by atoms with Crippen LogP contribution in [-0.4, -0.2) is 25.5 Å². The molecule has 0 saturated heterocycles. The first kappa shape index (κ1) is 18.3. The summed E-state index contributed by atoms with van der Waals surface area (Å²) in [5, 5.41) is 9.19. The molecule has 1 aromatic rings. The quantitative estimate of drug-likeness (QED) is 0.788. The van der Waals surface area contributed by atoms with Crippen molar-refractivity contribution in [3.8, 4) is 0 Å². The van der Waals surface area contributed by atoms with Crippen LogP contribution in [-0.2, 0) is 10.0 Å². The van der Waals surface area contributed by atoms with E-state index in [2.05, 4.69) is 4.72 Å². The van der Waals surface area contributed by atoms with Gasteiger partial charge in [0.1, 0.15) is 4.90 Å². The molecule has 0 aromatic heterocycles. The normalized spacial score (nSPS) is 34.0. The van der Waals surface area contributed by atoms with Gasteiger partial charge in [0.25, 0.3) is 0 Å². The first-order valence-electron chi connectivity index (χ1n) is 9.24. The van der Waals surface area contributed by atoms with Gasteiger partial charge in [-0.2, -0.15) is 0 Å². The predicted molar refractivity (Wildman–Crippen MR) is 98.8 cm³/mol. The van der Waals surface area contributed by atoms with Crippen LogP contribution in [0.4, 0.5) is 0 Å². The number of halogens is 1. The third-order valence-electron chi connectivity index (χ3n) is 6.80. The maximum Gasteiger partial charge on any atom is 0.335 e. The molecule has 4 bridgehead atoms. The van der Waals surface area contributed by atoms with Crippen LogP contribution in [0.3, 0.4) is 0 Å². The van der Waals surface area contributed by atoms with Crippen molar-refractivity contribution in [2.24, 2.45) is 23.2 Å². The SMILES string of the molecule is C[C@@H](NS(=O)(=O)c1cc(C(=O)O)ccc1Cl)C12CC3CC(CC(C3)C1)C2. The Hall–Kier alpha value is -1.11. The highest BCUT2D eigenvalue weighted by atomic mass is 35.5. The molecule has 4 aliphatic carbocycles. The Labute approximate surface area is 159 Å². The van der Waals surface area contributed by atoms with E-state index in [1.54, 1.807) is 0 Å². The van der Waals surface area contributed by atoms with Crippen LogP contribution in [0.15, 0.2) is 23.1 Å². The fraction of sp³-hybridized carbons (Fsp3) is 0.632. The van der Waals surface area contributed by atoms with Crippen molar-refractivity contribution in [2.75, 3.05) is 0 Å². The average molecular weight is 398 g/mol. The van der Waals surface area contributed by atoms with Crippen molar-refractivity contribution in [3.63, 3.8) is 0 Å². The number of rotatable bonds is 5. The second kappa shape index (κ2) is 6.21. The minimum Gasteiger partial charge on any atom is -0.478 e. The minimum atomic E-state index is -3.89. The van der Waals surface area contributed by atoms with Crippen molar-refractivity contribution < 1.29 is 18.3 Å². The molecule has 4 saturated carbocycles. The molecule has 0 unspecified atom stereocenters. The molecule has 0 amide bonds. The number of carboxylic acids is 1. The number of aromatic carboxylic acids is 1. The topological polar surface area (TPSA) is 83.5 Å². The van der Waals surface area contributed by atoms with Gasteiger partial charge < -0.3 is 5.11 Å². The summed E-state index contributed by atoms with van der Waals surface area (Å²) in [6.45, 7) is 1.96. The Morgan fingerprint density at radius 1 is 1.19 bits per heavy atom. The maximum atomic E-state index is 12.9. The summed E-state index contributed by atoms with van der Waals surface area (Å²) < 4.78 is 28.7. The molecule has 0 heterocycles. The number of benzene rings is 1. The molecule has 0 radical (unpaired) electrons. The monoisotopic (exact) mass is 397 g/mol. The highest BCUT2D eigenvalue weighted by Gasteiger charge is 2.53. The Bertz CT molecular complexity index is 816. The van der Waals surface area contributed by atoms with E-state index in [4.69, 9.17) is 16.7 Å². The third-order valence-corrected chi connectivity index (χ3v) is 8.83. The van der Waals surface area contributed by atoms with E-state index in [-0.39, 0.29) is 26.9 Å². The van der Waals surface area contributed by atoms with Crippen LogP contribution in [0.1, 0.15) is 55.8 Å². The van der Waals surface area contributed by atoms with Crippen LogP contribution >= 0.6 is 11.6 Å². The van der Waals surface area contributed by atoms with Crippen LogP contribution in [0.2, 0.25) is 5.02 Å². The van der Waals surface area contributed by atoms with Gasteiger partial charge in [-0.1, -0.05) is 11.6 Å². The van der Waals surface area contributed by atoms with Crippen LogP contribution < -0.4 is 4.72 Å². The van der Waals surface area contributed by atoms with Crippen molar-refractivity contribution in [2.45, 2.75) is 56.4 Å². The lowest BCUT2D eigenvalue weighted by molar-refractivity contribution is -0.0666. The molecule has 0 aliphatic heterocycles. The Morgan fingerprint density at radius 3 is 2.23 bits per heavy atom. The molecule has 2 N–H and O–H groups in total. The Morgan fingerprint density at radius 2 is 1.73 bits per heavy atom. The molecule has 1 aromatic carbocycles. The van der Waals surface area contributed by atoms with Gasteiger partial charge >= 0.3 is 5.97 Å². The van der Waals surface area contributed by atoms with E-state index in [1.165, 1.54) is 31.4 Å². The maximum absolute atomic E-state index is 12.9. The van der Waals surface area contributed by atoms with E-state index >= 15 is 0 Å². The largest absolute Gasteiger partial charge is 0.478 e. The molecule has 4 aliphatic rings. The number of carboxylic acid groups (broad SMARTS) is 1. The molecular formula is C19H24ClNO4S.